The van der Waals surface area contributed by atoms with Crippen LogP contribution in [0.5, 0.6) is 0 Å². The van der Waals surface area contributed by atoms with Gasteiger partial charge in [0.2, 0.25) is 0 Å². The lowest BCUT2D eigenvalue weighted by Gasteiger charge is -2.05. The molecule has 2 aromatic rings. The summed E-state index contributed by atoms with van der Waals surface area (Å²) in [4.78, 5) is 0. The summed E-state index contributed by atoms with van der Waals surface area (Å²) in [5, 5.41) is 16.7. The zero-order valence-electron chi connectivity index (χ0n) is 8.59. The minimum absolute atomic E-state index is 0.0751. The molecule has 0 fully saturated rings. The number of aliphatic hydroxyl groups is 1. The number of benzene rings is 1. The average Bonchev–Trinajstić information content (AvgIpc) is 2.77. The third-order valence-corrected chi connectivity index (χ3v) is 2.32. The number of aromatic nitrogens is 3. The Morgan fingerprint density at radius 1 is 1.33 bits per heavy atom. The first-order chi connectivity index (χ1) is 7.35. The molecule has 0 bridgehead atoms. The predicted molar refractivity (Wildman–Crippen MR) is 56.7 cm³/mol. The molecule has 2 rings (SSSR count). The molecule has 78 valence electrons. The molecule has 1 heterocycles. The van der Waals surface area contributed by atoms with E-state index < -0.39 is 0 Å². The van der Waals surface area contributed by atoms with Gasteiger partial charge in [0, 0.05) is 0 Å². The standard InChI is InChI=1S/C11H13N3O/c1-2-9-5-3-4-6-11(9)14-7-10(8-15)12-13-14/h3-7,15H,2,8H2,1H3. The van der Waals surface area contributed by atoms with Gasteiger partial charge in [0.1, 0.15) is 5.69 Å². The van der Waals surface area contributed by atoms with E-state index in [4.69, 9.17) is 5.11 Å². The van der Waals surface area contributed by atoms with Gasteiger partial charge in [-0.1, -0.05) is 30.3 Å². The molecule has 0 unspecified atom stereocenters. The van der Waals surface area contributed by atoms with Crippen LogP contribution >= 0.6 is 0 Å². The molecule has 4 heteroatoms. The third kappa shape index (κ3) is 1.89. The Balaban J connectivity index is 2.44. The lowest BCUT2D eigenvalue weighted by Crippen LogP contribution is -1.99. The maximum absolute atomic E-state index is 8.91. The molecule has 1 N–H and O–H groups in total. The van der Waals surface area contributed by atoms with Crippen LogP contribution in [0.3, 0.4) is 0 Å². The van der Waals surface area contributed by atoms with Crippen molar-refractivity contribution < 1.29 is 5.11 Å². The highest BCUT2D eigenvalue weighted by Crippen LogP contribution is 2.13. The highest BCUT2D eigenvalue weighted by molar-refractivity contribution is 5.40. The van der Waals surface area contributed by atoms with E-state index in [2.05, 4.69) is 23.3 Å². The Labute approximate surface area is 88.2 Å². The molecule has 0 radical (unpaired) electrons. The Bertz CT molecular complexity index is 451. The van der Waals surface area contributed by atoms with Crippen molar-refractivity contribution in [1.82, 2.24) is 15.0 Å². The molecule has 4 nitrogen and oxygen atoms in total. The molecule has 0 aliphatic carbocycles. The summed E-state index contributed by atoms with van der Waals surface area (Å²) in [6.07, 6.45) is 2.69. The fourth-order valence-corrected chi connectivity index (χ4v) is 1.52. The Morgan fingerprint density at radius 2 is 2.13 bits per heavy atom. The fourth-order valence-electron chi connectivity index (χ4n) is 1.52. The van der Waals surface area contributed by atoms with E-state index in [1.54, 1.807) is 10.9 Å². The molecule has 0 aliphatic rings. The molecule has 0 spiro atoms. The van der Waals surface area contributed by atoms with Crippen LogP contribution in [0.25, 0.3) is 5.69 Å². The van der Waals surface area contributed by atoms with Crippen LogP contribution in [-0.2, 0) is 13.0 Å². The quantitative estimate of drug-likeness (QED) is 0.818. The SMILES string of the molecule is CCc1ccccc1-n1cc(CO)nn1. The van der Waals surface area contributed by atoms with Crippen LogP contribution in [0.2, 0.25) is 0 Å². The van der Waals surface area contributed by atoms with Crippen molar-refractivity contribution in [3.05, 3.63) is 41.7 Å². The van der Waals surface area contributed by atoms with Crippen LogP contribution < -0.4 is 0 Å². The highest BCUT2D eigenvalue weighted by Gasteiger charge is 2.04. The zero-order valence-corrected chi connectivity index (χ0v) is 8.59. The number of rotatable bonds is 3. The summed E-state index contributed by atoms with van der Waals surface area (Å²) >= 11 is 0. The molecular weight excluding hydrogens is 190 g/mol. The van der Waals surface area contributed by atoms with Gasteiger partial charge in [0.25, 0.3) is 0 Å². The van der Waals surface area contributed by atoms with E-state index in [0.29, 0.717) is 5.69 Å². The first-order valence-electron chi connectivity index (χ1n) is 4.95. The van der Waals surface area contributed by atoms with Crippen LogP contribution in [0.1, 0.15) is 18.2 Å². The summed E-state index contributed by atoms with van der Waals surface area (Å²) < 4.78 is 1.70. The monoisotopic (exact) mass is 203 g/mol. The smallest absolute Gasteiger partial charge is 0.109 e. The van der Waals surface area contributed by atoms with E-state index >= 15 is 0 Å². The van der Waals surface area contributed by atoms with Crippen LogP contribution in [0.4, 0.5) is 0 Å². The Morgan fingerprint density at radius 3 is 2.80 bits per heavy atom. The molecule has 1 aromatic carbocycles. The van der Waals surface area contributed by atoms with E-state index in [1.807, 2.05) is 18.2 Å². The van der Waals surface area contributed by atoms with Gasteiger partial charge in [-0.25, -0.2) is 4.68 Å². The molecule has 0 amide bonds. The number of para-hydroxylation sites is 1. The van der Waals surface area contributed by atoms with Crippen LogP contribution in [0.15, 0.2) is 30.5 Å². The molecule has 0 saturated heterocycles. The van der Waals surface area contributed by atoms with Gasteiger partial charge in [-0.15, -0.1) is 5.10 Å². The summed E-state index contributed by atoms with van der Waals surface area (Å²) in [5.41, 5.74) is 2.82. The normalized spacial score (nSPS) is 10.5. The average molecular weight is 203 g/mol. The molecular formula is C11H13N3O. The lowest BCUT2D eigenvalue weighted by atomic mass is 10.1. The van der Waals surface area contributed by atoms with E-state index in [1.165, 1.54) is 5.56 Å². The van der Waals surface area contributed by atoms with Gasteiger partial charge in [0.15, 0.2) is 0 Å². The van der Waals surface area contributed by atoms with Gasteiger partial charge < -0.3 is 5.11 Å². The van der Waals surface area contributed by atoms with Gasteiger partial charge >= 0.3 is 0 Å². The number of hydrogen-bond acceptors (Lipinski definition) is 3. The second kappa shape index (κ2) is 4.23. The van der Waals surface area contributed by atoms with Gasteiger partial charge in [-0.3, -0.25) is 0 Å². The summed E-state index contributed by atoms with van der Waals surface area (Å²) in [6, 6.07) is 8.03. The highest BCUT2D eigenvalue weighted by atomic mass is 16.3. The van der Waals surface area contributed by atoms with Crippen molar-refractivity contribution in [3.63, 3.8) is 0 Å². The summed E-state index contributed by atoms with van der Waals surface area (Å²) in [5.74, 6) is 0. The van der Waals surface area contributed by atoms with Crippen LogP contribution in [-0.4, -0.2) is 20.1 Å². The second-order valence-electron chi connectivity index (χ2n) is 3.29. The summed E-state index contributed by atoms with van der Waals surface area (Å²) in [6.45, 7) is 2.02. The Hall–Kier alpha value is -1.68. The number of hydrogen-bond donors (Lipinski definition) is 1. The van der Waals surface area contributed by atoms with E-state index in [9.17, 15) is 0 Å². The van der Waals surface area contributed by atoms with Crippen molar-refractivity contribution in [2.24, 2.45) is 0 Å². The predicted octanol–water partition coefficient (Wildman–Crippen LogP) is 1.32. The van der Waals surface area contributed by atoms with Gasteiger partial charge in [-0.05, 0) is 18.1 Å². The fraction of sp³-hybridized carbons (Fsp3) is 0.273. The second-order valence-corrected chi connectivity index (χ2v) is 3.29. The molecule has 0 atom stereocenters. The van der Waals surface area contributed by atoms with Crippen molar-refractivity contribution in [3.8, 4) is 5.69 Å². The maximum atomic E-state index is 8.91. The van der Waals surface area contributed by atoms with E-state index in [0.717, 1.165) is 12.1 Å². The zero-order chi connectivity index (χ0) is 10.7. The molecule has 15 heavy (non-hydrogen) atoms. The number of aryl methyl sites for hydroxylation is 1. The largest absolute Gasteiger partial charge is 0.390 e. The maximum Gasteiger partial charge on any atom is 0.109 e. The van der Waals surface area contributed by atoms with Crippen molar-refractivity contribution in [2.75, 3.05) is 0 Å². The summed E-state index contributed by atoms with van der Waals surface area (Å²) in [7, 11) is 0. The van der Waals surface area contributed by atoms with Crippen molar-refractivity contribution in [2.45, 2.75) is 20.0 Å². The third-order valence-electron chi connectivity index (χ3n) is 2.32. The first-order valence-corrected chi connectivity index (χ1v) is 4.95. The van der Waals surface area contributed by atoms with Crippen LogP contribution in [0, 0.1) is 0 Å². The number of nitrogens with zero attached hydrogens (tertiary/aromatic N) is 3. The van der Waals surface area contributed by atoms with Gasteiger partial charge in [0.05, 0.1) is 18.5 Å². The van der Waals surface area contributed by atoms with E-state index in [-0.39, 0.29) is 6.61 Å². The molecule has 0 saturated carbocycles. The Kier molecular flexibility index (Phi) is 2.78. The minimum atomic E-state index is -0.0751. The molecule has 1 aromatic heterocycles. The minimum Gasteiger partial charge on any atom is -0.390 e. The topological polar surface area (TPSA) is 50.9 Å². The van der Waals surface area contributed by atoms with Crippen molar-refractivity contribution >= 4 is 0 Å². The molecule has 0 aliphatic heterocycles. The number of aliphatic hydroxyl groups excluding tert-OH is 1. The lowest BCUT2D eigenvalue weighted by molar-refractivity contribution is 0.276. The first kappa shape index (κ1) is 9.86. The van der Waals surface area contributed by atoms with Crippen molar-refractivity contribution in [1.29, 1.82) is 0 Å². The van der Waals surface area contributed by atoms with Gasteiger partial charge in [-0.2, -0.15) is 0 Å².